The smallest absolute Gasteiger partial charge is 0.350 e. The van der Waals surface area contributed by atoms with E-state index in [-0.39, 0.29) is 36.0 Å². The maximum Gasteiger partial charge on any atom is 0.350 e. The van der Waals surface area contributed by atoms with E-state index in [0.29, 0.717) is 11.7 Å². The normalized spacial score (nSPS) is 19.1. The number of nitrogens with zero attached hydrogens (tertiary/aromatic N) is 1. The van der Waals surface area contributed by atoms with Crippen LogP contribution in [0, 0.1) is 5.92 Å². The lowest BCUT2D eigenvalue weighted by Crippen LogP contribution is -2.47. The topological polar surface area (TPSA) is 91.8 Å². The number of amides is 2. The predicted molar refractivity (Wildman–Crippen MR) is 120 cm³/mol. The van der Waals surface area contributed by atoms with Gasteiger partial charge in [-0.15, -0.1) is 0 Å². The Hall–Kier alpha value is -1.44. The molecular formula is C18H19FI2N4O3. The number of halogens is 3. The van der Waals surface area contributed by atoms with Gasteiger partial charge in [0.25, 0.3) is 5.91 Å². The fraction of sp³-hybridized carbons (Fsp3) is 0.389. The van der Waals surface area contributed by atoms with Crippen LogP contribution in [0.15, 0.2) is 41.0 Å². The van der Waals surface area contributed by atoms with Crippen LogP contribution in [-0.2, 0) is 16.1 Å². The molecule has 2 aliphatic rings. The van der Waals surface area contributed by atoms with Crippen molar-refractivity contribution in [3.63, 3.8) is 0 Å². The Balaban J connectivity index is 1.56. The second kappa shape index (κ2) is 8.93. The summed E-state index contributed by atoms with van der Waals surface area (Å²) in [5.74, 6) is 0.339. The van der Waals surface area contributed by atoms with E-state index in [9.17, 15) is 14.0 Å². The Labute approximate surface area is 189 Å². The molecule has 0 spiro atoms. The van der Waals surface area contributed by atoms with Crippen molar-refractivity contribution in [2.75, 3.05) is 0 Å². The monoisotopic (exact) mass is 612 g/mol. The molecule has 1 fully saturated rings. The first kappa shape index (κ1) is 21.3. The van der Waals surface area contributed by atoms with Crippen LogP contribution >= 0.6 is 45.2 Å². The van der Waals surface area contributed by atoms with Gasteiger partial charge in [0.05, 0.1) is 0 Å². The van der Waals surface area contributed by atoms with Crippen molar-refractivity contribution in [2.45, 2.75) is 34.2 Å². The van der Waals surface area contributed by atoms with Gasteiger partial charge in [-0.05, 0) is 43.5 Å². The van der Waals surface area contributed by atoms with Crippen molar-refractivity contribution >= 4 is 63.0 Å². The van der Waals surface area contributed by atoms with Gasteiger partial charge in [-0.1, -0.05) is 12.1 Å². The predicted octanol–water partition coefficient (Wildman–Crippen LogP) is 2.89. The number of carbonyl (C=O) groups excluding carboxylic acids is 2. The molecule has 0 radical (unpaired) electrons. The van der Waals surface area contributed by atoms with Crippen LogP contribution in [-0.4, -0.2) is 25.7 Å². The molecule has 3 N–H and O–H groups in total. The van der Waals surface area contributed by atoms with Gasteiger partial charge in [0.2, 0.25) is 11.9 Å². The summed E-state index contributed by atoms with van der Waals surface area (Å²) in [4.78, 5) is 28.5. The first-order valence-corrected chi connectivity index (χ1v) is 10.9. The number of nitrogens with one attached hydrogen (secondary N) is 3. The number of aliphatic imine (C=N–C) groups is 1. The number of benzene rings is 1. The van der Waals surface area contributed by atoms with Crippen LogP contribution in [0.5, 0.6) is 5.75 Å². The van der Waals surface area contributed by atoms with E-state index in [4.69, 9.17) is 4.74 Å². The molecule has 0 bridgehead atoms. The lowest BCUT2D eigenvalue weighted by molar-refractivity contribution is -0.121. The molecule has 0 unspecified atom stereocenters. The van der Waals surface area contributed by atoms with Crippen molar-refractivity contribution < 1.29 is 18.7 Å². The quantitative estimate of drug-likeness (QED) is 0.341. The summed E-state index contributed by atoms with van der Waals surface area (Å²) < 4.78 is 16.8. The second-order valence-electron chi connectivity index (χ2n) is 6.58. The third-order valence-electron chi connectivity index (χ3n) is 4.04. The van der Waals surface area contributed by atoms with E-state index in [2.05, 4.69) is 20.9 Å². The zero-order chi connectivity index (χ0) is 20.3. The summed E-state index contributed by atoms with van der Waals surface area (Å²) >= 11 is 3.09. The molecule has 28 heavy (non-hydrogen) atoms. The third-order valence-corrected chi connectivity index (χ3v) is 4.48. The molecule has 10 heteroatoms. The molecule has 1 saturated carbocycles. The minimum atomic E-state index is -1.81. The molecule has 2 amide bonds. The van der Waals surface area contributed by atoms with Crippen LogP contribution in [0.2, 0.25) is 0 Å². The first-order chi connectivity index (χ1) is 13.2. The van der Waals surface area contributed by atoms with E-state index in [1.165, 1.54) is 0 Å². The zero-order valence-electron chi connectivity index (χ0n) is 15.0. The second-order valence-corrected chi connectivity index (χ2v) is 11.4. The number of hydrogen-bond donors (Lipinski definition) is 3. The summed E-state index contributed by atoms with van der Waals surface area (Å²) in [5, 5.41) is 8.55. The van der Waals surface area contributed by atoms with Crippen LogP contribution < -0.4 is 20.7 Å². The SMILES string of the molecule is C[C@H]1C=C(C(=O)NCc2ccc(OC(F)(I)I)cc2)N=C(NC(=O)C2CC2)N1. The Bertz CT molecular complexity index is 817. The summed E-state index contributed by atoms with van der Waals surface area (Å²) in [6.07, 6.45) is 3.48. The van der Waals surface area contributed by atoms with E-state index in [1.54, 1.807) is 75.5 Å². The lowest BCUT2D eigenvalue weighted by atomic mass is 10.2. The molecule has 1 aliphatic carbocycles. The molecule has 0 saturated heterocycles. The Morgan fingerprint density at radius 2 is 2.00 bits per heavy atom. The average molecular weight is 612 g/mol. The van der Waals surface area contributed by atoms with Gasteiger partial charge in [0, 0.05) is 63.7 Å². The minimum Gasteiger partial charge on any atom is -0.442 e. The number of hydrogen-bond acceptors (Lipinski definition) is 5. The van der Waals surface area contributed by atoms with Crippen molar-refractivity contribution in [3.8, 4) is 5.75 Å². The molecule has 0 aromatic heterocycles. The summed E-state index contributed by atoms with van der Waals surface area (Å²) in [5.41, 5.74) is 1.08. The van der Waals surface area contributed by atoms with Crippen LogP contribution in [0.25, 0.3) is 0 Å². The fourth-order valence-electron chi connectivity index (χ4n) is 2.52. The number of carbonyl (C=O) groups is 2. The largest absolute Gasteiger partial charge is 0.442 e. The Morgan fingerprint density at radius 3 is 2.61 bits per heavy atom. The molecule has 150 valence electrons. The van der Waals surface area contributed by atoms with E-state index in [1.807, 2.05) is 6.92 Å². The molecule has 1 aromatic rings. The van der Waals surface area contributed by atoms with Crippen molar-refractivity contribution in [2.24, 2.45) is 10.9 Å². The third kappa shape index (κ3) is 6.57. The number of alkyl halides is 3. The van der Waals surface area contributed by atoms with Crippen molar-refractivity contribution in [1.29, 1.82) is 0 Å². The van der Waals surface area contributed by atoms with Gasteiger partial charge in [-0.25, -0.2) is 4.99 Å². The van der Waals surface area contributed by atoms with Crippen LogP contribution in [0.3, 0.4) is 0 Å². The summed E-state index contributed by atoms with van der Waals surface area (Å²) in [6.45, 7) is 2.15. The van der Waals surface area contributed by atoms with E-state index < -0.39 is 1.87 Å². The van der Waals surface area contributed by atoms with Crippen LogP contribution in [0.1, 0.15) is 25.3 Å². The minimum absolute atomic E-state index is 0.0527. The standard InChI is InChI=1S/C18H19FI2N4O3/c1-10-8-14(24-17(23-10)25-15(26)12-4-5-12)16(27)22-9-11-2-6-13(7-3-11)28-18(19,20)21/h2-3,6-8,10,12H,4-5,9H2,1H3,(H,22,27)(H2,23,24,25,26)/t10-/m0/s1. The number of guanidine groups is 1. The van der Waals surface area contributed by atoms with Gasteiger partial charge in [0.1, 0.15) is 11.4 Å². The Kier molecular flexibility index (Phi) is 6.78. The Morgan fingerprint density at radius 1 is 1.32 bits per heavy atom. The average Bonchev–Trinajstić information content (AvgIpc) is 3.44. The highest BCUT2D eigenvalue weighted by Crippen LogP contribution is 2.32. The zero-order valence-corrected chi connectivity index (χ0v) is 19.3. The van der Waals surface area contributed by atoms with Crippen molar-refractivity contribution in [3.05, 3.63) is 41.6 Å². The molecular weight excluding hydrogens is 593 g/mol. The molecule has 1 aromatic carbocycles. The van der Waals surface area contributed by atoms with Crippen molar-refractivity contribution in [1.82, 2.24) is 16.0 Å². The lowest BCUT2D eigenvalue weighted by Gasteiger charge is -2.20. The van der Waals surface area contributed by atoms with Crippen LogP contribution in [0.4, 0.5) is 4.39 Å². The van der Waals surface area contributed by atoms with Gasteiger partial charge < -0.3 is 15.4 Å². The molecule has 1 atom stereocenters. The van der Waals surface area contributed by atoms with Gasteiger partial charge in [0.15, 0.2) is 0 Å². The number of rotatable bonds is 6. The van der Waals surface area contributed by atoms with Gasteiger partial charge in [-0.3, -0.25) is 14.9 Å². The molecule has 7 nitrogen and oxygen atoms in total. The maximum atomic E-state index is 13.5. The molecule has 1 heterocycles. The fourth-order valence-corrected chi connectivity index (χ4v) is 3.03. The highest BCUT2D eigenvalue weighted by molar-refractivity contribution is 14.2. The number of ether oxygens (including phenoxy) is 1. The summed E-state index contributed by atoms with van der Waals surface area (Å²) in [6, 6.07) is 6.65. The van der Waals surface area contributed by atoms with Gasteiger partial charge in [-0.2, -0.15) is 4.39 Å². The van der Waals surface area contributed by atoms with Gasteiger partial charge >= 0.3 is 1.87 Å². The van der Waals surface area contributed by atoms with E-state index >= 15 is 0 Å². The maximum absolute atomic E-state index is 13.5. The molecule has 1 aliphatic heterocycles. The molecule has 3 rings (SSSR count). The highest BCUT2D eigenvalue weighted by atomic mass is 127. The van der Waals surface area contributed by atoms with E-state index in [0.717, 1.165) is 18.4 Å². The summed E-state index contributed by atoms with van der Waals surface area (Å²) in [7, 11) is 0. The first-order valence-electron chi connectivity index (χ1n) is 8.70. The highest BCUT2D eigenvalue weighted by Gasteiger charge is 2.31.